The van der Waals surface area contributed by atoms with Crippen LogP contribution in [0, 0.1) is 5.82 Å². The van der Waals surface area contributed by atoms with Crippen LogP contribution in [-0.4, -0.2) is 32.4 Å². The van der Waals surface area contributed by atoms with E-state index < -0.39 is 10.0 Å². The molecule has 0 radical (unpaired) electrons. The molecule has 1 aromatic heterocycles. The molecule has 2 aromatic rings. The first-order valence-corrected chi connectivity index (χ1v) is 9.92. The van der Waals surface area contributed by atoms with Crippen LogP contribution in [0.5, 0.6) is 0 Å². The van der Waals surface area contributed by atoms with Gasteiger partial charge in [0.25, 0.3) is 0 Å². The van der Waals surface area contributed by atoms with Gasteiger partial charge in [-0.05, 0) is 42.0 Å². The fourth-order valence-electron chi connectivity index (χ4n) is 2.80. The van der Waals surface area contributed by atoms with Gasteiger partial charge in [0.2, 0.25) is 10.0 Å². The van der Waals surface area contributed by atoms with Crippen molar-refractivity contribution in [2.24, 2.45) is 0 Å². The normalized spacial score (nSPS) is 17.4. The second-order valence-corrected chi connectivity index (χ2v) is 8.62. The highest BCUT2D eigenvalue weighted by Crippen LogP contribution is 2.19. The lowest BCUT2D eigenvalue weighted by Gasteiger charge is -2.32. The zero-order valence-electron chi connectivity index (χ0n) is 12.6. The largest absolute Gasteiger partial charge is 0.299 e. The Morgan fingerprint density at radius 2 is 2.00 bits per heavy atom. The van der Waals surface area contributed by atoms with Gasteiger partial charge in [0.15, 0.2) is 0 Å². The van der Waals surface area contributed by atoms with Crippen molar-refractivity contribution in [2.75, 3.05) is 13.1 Å². The first-order valence-electron chi connectivity index (χ1n) is 7.55. The first-order chi connectivity index (χ1) is 11.0. The van der Waals surface area contributed by atoms with Gasteiger partial charge >= 0.3 is 0 Å². The molecule has 0 bridgehead atoms. The number of rotatable bonds is 5. The van der Waals surface area contributed by atoms with Gasteiger partial charge < -0.3 is 0 Å². The predicted molar refractivity (Wildman–Crippen MR) is 89.3 cm³/mol. The Morgan fingerprint density at radius 1 is 1.22 bits per heavy atom. The Labute approximate surface area is 140 Å². The Morgan fingerprint density at radius 3 is 2.65 bits per heavy atom. The Balaban J connectivity index is 1.53. The van der Waals surface area contributed by atoms with Crippen LogP contribution in [0.25, 0.3) is 0 Å². The fraction of sp³-hybridized carbons (Fsp3) is 0.375. The topological polar surface area (TPSA) is 49.4 Å². The number of piperidine rings is 1. The molecule has 1 aliphatic rings. The van der Waals surface area contributed by atoms with E-state index in [2.05, 4.69) is 9.62 Å². The van der Waals surface area contributed by atoms with Crippen molar-refractivity contribution >= 4 is 21.4 Å². The van der Waals surface area contributed by atoms with Gasteiger partial charge in [-0.3, -0.25) is 4.90 Å². The number of nitrogens with one attached hydrogen (secondary N) is 1. The minimum atomic E-state index is -3.40. The predicted octanol–water partition coefficient (Wildman–Crippen LogP) is 2.83. The summed E-state index contributed by atoms with van der Waals surface area (Å²) in [6.45, 7) is 2.30. The molecule has 1 N–H and O–H groups in total. The van der Waals surface area contributed by atoms with Crippen LogP contribution in [-0.2, 0) is 16.6 Å². The molecule has 124 valence electrons. The summed E-state index contributed by atoms with van der Waals surface area (Å²) >= 11 is 1.23. The molecule has 0 atom stereocenters. The minimum Gasteiger partial charge on any atom is -0.299 e. The quantitative estimate of drug-likeness (QED) is 0.898. The highest BCUT2D eigenvalue weighted by molar-refractivity contribution is 7.91. The molecule has 7 heteroatoms. The SMILES string of the molecule is O=S(=O)(NC1CCN(Cc2cccc(F)c2)CC1)c1cccs1. The smallest absolute Gasteiger partial charge is 0.250 e. The van der Waals surface area contributed by atoms with Crippen molar-refractivity contribution < 1.29 is 12.8 Å². The van der Waals surface area contributed by atoms with Gasteiger partial charge in [0.1, 0.15) is 10.0 Å². The average Bonchev–Trinajstić information content (AvgIpc) is 3.04. The van der Waals surface area contributed by atoms with E-state index in [0.717, 1.165) is 31.5 Å². The van der Waals surface area contributed by atoms with Crippen molar-refractivity contribution in [1.29, 1.82) is 0 Å². The van der Waals surface area contributed by atoms with Crippen molar-refractivity contribution in [2.45, 2.75) is 29.6 Å². The Kier molecular flexibility index (Phi) is 5.11. The van der Waals surface area contributed by atoms with Crippen molar-refractivity contribution in [3.8, 4) is 0 Å². The van der Waals surface area contributed by atoms with Crippen LogP contribution >= 0.6 is 11.3 Å². The van der Waals surface area contributed by atoms with Crippen molar-refractivity contribution in [3.63, 3.8) is 0 Å². The minimum absolute atomic E-state index is 0.0362. The second-order valence-electron chi connectivity index (χ2n) is 5.73. The molecule has 1 aliphatic heterocycles. The number of likely N-dealkylation sites (tertiary alicyclic amines) is 1. The van der Waals surface area contributed by atoms with E-state index in [1.807, 2.05) is 6.07 Å². The maximum atomic E-state index is 13.2. The molecule has 0 aliphatic carbocycles. The number of thiophene rings is 1. The van der Waals surface area contributed by atoms with Crippen LogP contribution in [0.15, 0.2) is 46.0 Å². The number of hydrogen-bond donors (Lipinski definition) is 1. The van der Waals surface area contributed by atoms with Crippen LogP contribution in [0.2, 0.25) is 0 Å². The van der Waals surface area contributed by atoms with E-state index in [0.29, 0.717) is 10.8 Å². The zero-order valence-corrected chi connectivity index (χ0v) is 14.2. The highest BCUT2D eigenvalue weighted by Gasteiger charge is 2.25. The van der Waals surface area contributed by atoms with E-state index in [9.17, 15) is 12.8 Å². The molecule has 1 fully saturated rings. The van der Waals surface area contributed by atoms with Gasteiger partial charge in [-0.1, -0.05) is 18.2 Å². The van der Waals surface area contributed by atoms with E-state index in [-0.39, 0.29) is 11.9 Å². The molecule has 0 saturated carbocycles. The van der Waals surface area contributed by atoms with Crippen LogP contribution < -0.4 is 4.72 Å². The summed E-state index contributed by atoms with van der Waals surface area (Å²) in [6, 6.07) is 9.93. The summed E-state index contributed by atoms with van der Waals surface area (Å²) in [6.07, 6.45) is 1.53. The molecule has 2 heterocycles. The van der Waals surface area contributed by atoms with Crippen LogP contribution in [0.4, 0.5) is 4.39 Å². The molecule has 0 unspecified atom stereocenters. The van der Waals surface area contributed by atoms with Gasteiger partial charge in [-0.15, -0.1) is 11.3 Å². The van der Waals surface area contributed by atoms with Crippen molar-refractivity contribution in [3.05, 3.63) is 53.2 Å². The lowest BCUT2D eigenvalue weighted by molar-refractivity contribution is 0.200. The zero-order chi connectivity index (χ0) is 16.3. The molecule has 4 nitrogen and oxygen atoms in total. The Bertz CT molecular complexity index is 739. The first kappa shape index (κ1) is 16.6. The summed E-state index contributed by atoms with van der Waals surface area (Å²) < 4.78 is 40.8. The van der Waals surface area contributed by atoms with Gasteiger partial charge in [-0.2, -0.15) is 0 Å². The number of hydrogen-bond acceptors (Lipinski definition) is 4. The lowest BCUT2D eigenvalue weighted by Crippen LogP contribution is -2.44. The van der Waals surface area contributed by atoms with Crippen molar-refractivity contribution in [1.82, 2.24) is 9.62 Å². The van der Waals surface area contributed by atoms with Gasteiger partial charge in [0, 0.05) is 25.7 Å². The third-order valence-electron chi connectivity index (χ3n) is 3.96. The van der Waals surface area contributed by atoms with Crippen LogP contribution in [0.3, 0.4) is 0 Å². The summed E-state index contributed by atoms with van der Waals surface area (Å²) in [5, 5.41) is 1.76. The Hall–Kier alpha value is -1.28. The maximum Gasteiger partial charge on any atom is 0.250 e. The third-order valence-corrected chi connectivity index (χ3v) is 6.88. The molecule has 0 spiro atoms. The van der Waals surface area contributed by atoms with E-state index in [1.165, 1.54) is 17.4 Å². The molecule has 1 saturated heterocycles. The molecule has 0 amide bonds. The third kappa shape index (κ3) is 4.38. The monoisotopic (exact) mass is 354 g/mol. The molecule has 1 aromatic carbocycles. The van der Waals surface area contributed by atoms with E-state index in [1.54, 1.807) is 29.6 Å². The van der Waals surface area contributed by atoms with Crippen LogP contribution in [0.1, 0.15) is 18.4 Å². The number of benzene rings is 1. The second kappa shape index (κ2) is 7.09. The molecular formula is C16H19FN2O2S2. The fourth-order valence-corrected chi connectivity index (χ4v) is 5.11. The summed E-state index contributed by atoms with van der Waals surface area (Å²) in [4.78, 5) is 2.23. The number of sulfonamides is 1. The van der Waals surface area contributed by atoms with Gasteiger partial charge in [0.05, 0.1) is 0 Å². The highest BCUT2D eigenvalue weighted by atomic mass is 32.2. The summed E-state index contributed by atoms with van der Waals surface area (Å²) in [5.74, 6) is -0.221. The lowest BCUT2D eigenvalue weighted by atomic mass is 10.1. The number of nitrogens with zero attached hydrogens (tertiary/aromatic N) is 1. The summed E-state index contributed by atoms with van der Waals surface area (Å²) in [7, 11) is -3.40. The molecule has 3 rings (SSSR count). The standard InChI is InChI=1S/C16H19FN2O2S2/c17-14-4-1-3-13(11-14)12-19-8-6-15(7-9-19)18-23(20,21)16-5-2-10-22-16/h1-5,10-11,15,18H,6-9,12H2. The average molecular weight is 354 g/mol. The maximum absolute atomic E-state index is 13.2. The van der Waals surface area contributed by atoms with E-state index in [4.69, 9.17) is 0 Å². The summed E-state index contributed by atoms with van der Waals surface area (Å²) in [5.41, 5.74) is 0.947. The number of halogens is 1. The molecule has 23 heavy (non-hydrogen) atoms. The molecular weight excluding hydrogens is 335 g/mol. The van der Waals surface area contributed by atoms with E-state index >= 15 is 0 Å². The van der Waals surface area contributed by atoms with Gasteiger partial charge in [-0.25, -0.2) is 17.5 Å².